The molecule has 1 aliphatic rings. The predicted octanol–water partition coefficient (Wildman–Crippen LogP) is 1.89. The van der Waals surface area contributed by atoms with Crippen molar-refractivity contribution in [3.8, 4) is 6.07 Å². The van der Waals surface area contributed by atoms with Crippen LogP contribution in [0.3, 0.4) is 0 Å². The molecule has 0 unspecified atom stereocenters. The van der Waals surface area contributed by atoms with Gasteiger partial charge in [-0.05, 0) is 40.9 Å². The molecule has 0 saturated carbocycles. The summed E-state index contributed by atoms with van der Waals surface area (Å²) in [5.41, 5.74) is 1.14. The molecule has 24 heavy (non-hydrogen) atoms. The van der Waals surface area contributed by atoms with Crippen LogP contribution in [-0.2, 0) is 7.05 Å². The van der Waals surface area contributed by atoms with Crippen molar-refractivity contribution < 1.29 is 0 Å². The molecule has 1 aliphatic heterocycles. The monoisotopic (exact) mass is 388 g/mol. The van der Waals surface area contributed by atoms with Crippen LogP contribution in [0.1, 0.15) is 18.4 Å². The van der Waals surface area contributed by atoms with E-state index in [1.807, 2.05) is 6.07 Å². The number of nitrogens with one attached hydrogen (secondary N) is 1. The lowest BCUT2D eigenvalue weighted by molar-refractivity contribution is 0.522. The van der Waals surface area contributed by atoms with Crippen molar-refractivity contribution >= 4 is 27.4 Å². The Morgan fingerprint density at radius 2 is 2.08 bits per heavy atom. The summed E-state index contributed by atoms with van der Waals surface area (Å²) >= 11 is 3.34. The van der Waals surface area contributed by atoms with Gasteiger partial charge in [-0.3, -0.25) is 4.79 Å². The molecule has 0 spiro atoms. The molecule has 8 heteroatoms. The molecule has 0 radical (unpaired) electrons. The third kappa shape index (κ3) is 3.41. The molecule has 2 aromatic heterocycles. The van der Waals surface area contributed by atoms with Gasteiger partial charge < -0.3 is 10.2 Å². The number of aromatic nitrogens is 3. The maximum Gasteiger partial charge on any atom is 0.282 e. The fourth-order valence-corrected chi connectivity index (χ4v) is 3.20. The van der Waals surface area contributed by atoms with E-state index in [1.54, 1.807) is 25.5 Å². The molecule has 1 fully saturated rings. The van der Waals surface area contributed by atoms with Gasteiger partial charge in [0, 0.05) is 32.4 Å². The summed E-state index contributed by atoms with van der Waals surface area (Å²) in [5, 5.41) is 16.3. The minimum atomic E-state index is -0.154. The van der Waals surface area contributed by atoms with Crippen molar-refractivity contribution in [3.63, 3.8) is 0 Å². The summed E-state index contributed by atoms with van der Waals surface area (Å²) in [6.07, 6.45) is 5.13. The van der Waals surface area contributed by atoms with Gasteiger partial charge in [0.2, 0.25) is 0 Å². The van der Waals surface area contributed by atoms with Gasteiger partial charge >= 0.3 is 0 Å². The Labute approximate surface area is 148 Å². The van der Waals surface area contributed by atoms with Gasteiger partial charge in [-0.2, -0.15) is 10.4 Å². The highest BCUT2D eigenvalue weighted by molar-refractivity contribution is 9.10. The maximum absolute atomic E-state index is 11.9. The van der Waals surface area contributed by atoms with Crippen molar-refractivity contribution in [2.75, 3.05) is 23.3 Å². The molecule has 7 nitrogen and oxygen atoms in total. The third-order valence-electron chi connectivity index (χ3n) is 4.13. The van der Waals surface area contributed by atoms with Crippen LogP contribution in [-0.4, -0.2) is 33.9 Å². The zero-order valence-electron chi connectivity index (χ0n) is 13.2. The quantitative estimate of drug-likeness (QED) is 0.863. The second kappa shape index (κ2) is 7.01. The summed E-state index contributed by atoms with van der Waals surface area (Å²) in [6, 6.07) is 6.03. The molecule has 0 atom stereocenters. The van der Waals surface area contributed by atoms with Crippen LogP contribution in [0, 0.1) is 11.3 Å². The topological polar surface area (TPSA) is 86.8 Å². The van der Waals surface area contributed by atoms with Crippen molar-refractivity contribution in [3.05, 3.63) is 44.9 Å². The molecule has 0 aromatic carbocycles. The van der Waals surface area contributed by atoms with E-state index >= 15 is 0 Å². The Kier molecular flexibility index (Phi) is 4.81. The number of rotatable bonds is 3. The number of anilines is 2. The van der Waals surface area contributed by atoms with E-state index in [0.717, 1.165) is 37.4 Å². The van der Waals surface area contributed by atoms with E-state index in [2.05, 4.69) is 42.3 Å². The highest BCUT2D eigenvalue weighted by Gasteiger charge is 2.21. The highest BCUT2D eigenvalue weighted by Crippen LogP contribution is 2.23. The molecular weight excluding hydrogens is 372 g/mol. The molecule has 1 N–H and O–H groups in total. The standard InChI is InChI=1S/C16H17BrN6O/c1-22-16(24)15(17)13(10-20-22)21-12-4-6-23(7-5-12)14-3-2-11(8-18)9-19-14/h2-3,9-10,12,21H,4-7H2,1H3. The van der Waals surface area contributed by atoms with E-state index in [0.29, 0.717) is 10.0 Å². The summed E-state index contributed by atoms with van der Waals surface area (Å²) in [5.74, 6) is 0.892. The first-order valence-corrected chi connectivity index (χ1v) is 8.47. The van der Waals surface area contributed by atoms with Crippen molar-refractivity contribution in [2.45, 2.75) is 18.9 Å². The smallest absolute Gasteiger partial charge is 0.282 e. The van der Waals surface area contributed by atoms with Gasteiger partial charge in [0.25, 0.3) is 5.56 Å². The largest absolute Gasteiger partial charge is 0.380 e. The molecule has 0 bridgehead atoms. The third-order valence-corrected chi connectivity index (χ3v) is 4.90. The van der Waals surface area contributed by atoms with Gasteiger partial charge in [-0.25, -0.2) is 9.67 Å². The Balaban J connectivity index is 1.62. The Bertz CT molecular complexity index is 818. The van der Waals surface area contributed by atoms with Gasteiger partial charge in [0.05, 0.1) is 17.4 Å². The van der Waals surface area contributed by atoms with Crippen molar-refractivity contribution in [1.82, 2.24) is 14.8 Å². The van der Waals surface area contributed by atoms with E-state index in [4.69, 9.17) is 5.26 Å². The predicted molar refractivity (Wildman–Crippen MR) is 95.0 cm³/mol. The number of hydrogen-bond acceptors (Lipinski definition) is 6. The van der Waals surface area contributed by atoms with Crippen LogP contribution in [0.4, 0.5) is 11.5 Å². The second-order valence-corrected chi connectivity index (χ2v) is 6.52. The maximum atomic E-state index is 11.9. The van der Waals surface area contributed by atoms with Gasteiger partial charge in [-0.15, -0.1) is 0 Å². The summed E-state index contributed by atoms with van der Waals surface area (Å²) < 4.78 is 1.81. The molecule has 0 amide bonds. The number of halogens is 1. The minimum Gasteiger partial charge on any atom is -0.380 e. The average Bonchev–Trinajstić information content (AvgIpc) is 2.63. The SMILES string of the molecule is Cn1ncc(NC2CCN(c3ccc(C#N)cn3)CC2)c(Br)c1=O. The normalized spacial score (nSPS) is 15.1. The van der Waals surface area contributed by atoms with Crippen LogP contribution < -0.4 is 15.8 Å². The molecule has 2 aromatic rings. The second-order valence-electron chi connectivity index (χ2n) is 5.72. The first-order valence-electron chi connectivity index (χ1n) is 7.68. The van der Waals surface area contributed by atoms with Gasteiger partial charge in [-0.1, -0.05) is 0 Å². The van der Waals surface area contributed by atoms with Crippen LogP contribution >= 0.6 is 15.9 Å². The Morgan fingerprint density at radius 3 is 2.71 bits per heavy atom. The lowest BCUT2D eigenvalue weighted by Crippen LogP contribution is -2.39. The van der Waals surface area contributed by atoms with Crippen molar-refractivity contribution in [2.24, 2.45) is 7.05 Å². The highest BCUT2D eigenvalue weighted by atomic mass is 79.9. The molecule has 3 rings (SSSR count). The van der Waals surface area contributed by atoms with E-state index < -0.39 is 0 Å². The zero-order chi connectivity index (χ0) is 17.1. The van der Waals surface area contributed by atoms with Crippen molar-refractivity contribution in [1.29, 1.82) is 5.26 Å². The van der Waals surface area contributed by atoms with E-state index in [9.17, 15) is 4.79 Å². The fraction of sp³-hybridized carbons (Fsp3) is 0.375. The molecule has 0 aliphatic carbocycles. The minimum absolute atomic E-state index is 0.154. The lowest BCUT2D eigenvalue weighted by atomic mass is 10.0. The zero-order valence-corrected chi connectivity index (χ0v) is 14.8. The van der Waals surface area contributed by atoms with Gasteiger partial charge in [0.15, 0.2) is 0 Å². The fourth-order valence-electron chi connectivity index (χ4n) is 2.72. The van der Waals surface area contributed by atoms with Crippen LogP contribution in [0.5, 0.6) is 0 Å². The van der Waals surface area contributed by atoms with E-state index in [1.165, 1.54) is 4.68 Å². The molecular formula is C16H17BrN6O. The summed E-state index contributed by atoms with van der Waals surface area (Å²) in [6.45, 7) is 1.74. The van der Waals surface area contributed by atoms with Gasteiger partial charge in [0.1, 0.15) is 16.4 Å². The number of nitriles is 1. The lowest BCUT2D eigenvalue weighted by Gasteiger charge is -2.33. The first kappa shape index (κ1) is 16.5. The number of pyridine rings is 1. The van der Waals surface area contributed by atoms with Crippen LogP contribution in [0.15, 0.2) is 33.8 Å². The Hall–Kier alpha value is -2.40. The Morgan fingerprint density at radius 1 is 1.33 bits per heavy atom. The van der Waals surface area contributed by atoms with Crippen LogP contribution in [0.2, 0.25) is 0 Å². The first-order chi connectivity index (χ1) is 11.6. The van der Waals surface area contributed by atoms with Crippen LogP contribution in [0.25, 0.3) is 0 Å². The summed E-state index contributed by atoms with van der Waals surface area (Å²) in [7, 11) is 1.62. The number of piperidine rings is 1. The number of nitrogens with zero attached hydrogens (tertiary/aromatic N) is 5. The molecule has 3 heterocycles. The number of aryl methyl sites for hydroxylation is 1. The molecule has 124 valence electrons. The molecule has 1 saturated heterocycles. The van der Waals surface area contributed by atoms with E-state index in [-0.39, 0.29) is 11.6 Å². The average molecular weight is 389 g/mol. The summed E-state index contributed by atoms with van der Waals surface area (Å²) in [4.78, 5) is 18.4. The number of hydrogen-bond donors (Lipinski definition) is 1.